The first-order chi connectivity index (χ1) is 9.74. The first-order valence-electron chi connectivity index (χ1n) is 6.60. The van der Waals surface area contributed by atoms with Crippen LogP contribution in [0.3, 0.4) is 0 Å². The average Bonchev–Trinajstić information content (AvgIpc) is 2.48. The average molecular weight is 264 g/mol. The molecule has 1 unspecified atom stereocenters. The summed E-state index contributed by atoms with van der Waals surface area (Å²) in [4.78, 5) is 4.40. The van der Waals surface area contributed by atoms with Crippen molar-refractivity contribution in [2.24, 2.45) is 0 Å². The molecule has 3 nitrogen and oxygen atoms in total. The second-order valence-corrected chi connectivity index (χ2v) is 4.76. The SMILES string of the molecule is CC(Oc1cccc2cccnc12)c1ccc(N)cc1. The zero-order valence-corrected chi connectivity index (χ0v) is 11.3. The minimum atomic E-state index is -0.0526. The summed E-state index contributed by atoms with van der Waals surface area (Å²) >= 11 is 0. The van der Waals surface area contributed by atoms with E-state index in [1.165, 1.54) is 0 Å². The second kappa shape index (κ2) is 5.21. The Morgan fingerprint density at radius 1 is 1.00 bits per heavy atom. The summed E-state index contributed by atoms with van der Waals surface area (Å²) < 4.78 is 6.05. The Kier molecular flexibility index (Phi) is 3.25. The highest BCUT2D eigenvalue weighted by atomic mass is 16.5. The van der Waals surface area contributed by atoms with E-state index in [0.717, 1.165) is 27.9 Å². The number of aromatic nitrogens is 1. The van der Waals surface area contributed by atoms with E-state index in [-0.39, 0.29) is 6.10 Å². The smallest absolute Gasteiger partial charge is 0.146 e. The number of nitrogens with zero attached hydrogens (tertiary/aromatic N) is 1. The van der Waals surface area contributed by atoms with Gasteiger partial charge in [-0.25, -0.2) is 0 Å². The fourth-order valence-electron chi connectivity index (χ4n) is 2.20. The summed E-state index contributed by atoms with van der Waals surface area (Å²) in [5.41, 5.74) is 8.44. The van der Waals surface area contributed by atoms with Crippen LogP contribution in [0.2, 0.25) is 0 Å². The third kappa shape index (κ3) is 2.43. The minimum Gasteiger partial charge on any atom is -0.484 e. The Bertz CT molecular complexity index is 717. The van der Waals surface area contributed by atoms with E-state index < -0.39 is 0 Å². The van der Waals surface area contributed by atoms with Crippen LogP contribution in [0.5, 0.6) is 5.75 Å². The van der Waals surface area contributed by atoms with Crippen molar-refractivity contribution in [2.75, 3.05) is 5.73 Å². The zero-order chi connectivity index (χ0) is 13.9. The minimum absolute atomic E-state index is 0.0526. The molecule has 0 aliphatic rings. The van der Waals surface area contributed by atoms with Crippen molar-refractivity contribution in [2.45, 2.75) is 13.0 Å². The number of ether oxygens (including phenoxy) is 1. The number of anilines is 1. The molecule has 2 aromatic carbocycles. The molecule has 3 aromatic rings. The molecular formula is C17H16N2O. The van der Waals surface area contributed by atoms with Gasteiger partial charge in [0.2, 0.25) is 0 Å². The third-order valence-electron chi connectivity index (χ3n) is 3.31. The van der Waals surface area contributed by atoms with E-state index in [1.807, 2.05) is 61.5 Å². The molecule has 0 bridgehead atoms. The molecule has 100 valence electrons. The van der Waals surface area contributed by atoms with Gasteiger partial charge in [-0.2, -0.15) is 0 Å². The Hall–Kier alpha value is -2.55. The van der Waals surface area contributed by atoms with E-state index in [1.54, 1.807) is 6.20 Å². The predicted octanol–water partition coefficient (Wildman–Crippen LogP) is 3.96. The molecule has 3 rings (SSSR count). The molecule has 20 heavy (non-hydrogen) atoms. The number of nitrogens with two attached hydrogens (primary N) is 1. The van der Waals surface area contributed by atoms with Crippen molar-refractivity contribution in [3.8, 4) is 5.75 Å². The first kappa shape index (κ1) is 12.5. The van der Waals surface area contributed by atoms with Crippen LogP contribution in [0.1, 0.15) is 18.6 Å². The Morgan fingerprint density at radius 2 is 1.75 bits per heavy atom. The normalized spacial score (nSPS) is 12.2. The molecule has 0 saturated carbocycles. The van der Waals surface area contributed by atoms with Gasteiger partial charge in [0.05, 0.1) is 0 Å². The monoisotopic (exact) mass is 264 g/mol. The van der Waals surface area contributed by atoms with Crippen LogP contribution in [0.15, 0.2) is 60.8 Å². The topological polar surface area (TPSA) is 48.1 Å². The van der Waals surface area contributed by atoms with E-state index >= 15 is 0 Å². The standard InChI is InChI=1S/C17H16N2O/c1-12(13-7-9-15(18)10-8-13)20-16-6-2-4-14-5-3-11-19-17(14)16/h2-12H,18H2,1H3. The van der Waals surface area contributed by atoms with Crippen molar-refractivity contribution >= 4 is 16.6 Å². The molecule has 0 aliphatic heterocycles. The van der Waals surface area contributed by atoms with Crippen LogP contribution in [0.25, 0.3) is 10.9 Å². The molecule has 1 aromatic heterocycles. The lowest BCUT2D eigenvalue weighted by molar-refractivity contribution is 0.229. The maximum Gasteiger partial charge on any atom is 0.146 e. The van der Waals surface area contributed by atoms with Crippen LogP contribution >= 0.6 is 0 Å². The molecule has 0 aliphatic carbocycles. The van der Waals surface area contributed by atoms with Crippen LogP contribution < -0.4 is 10.5 Å². The summed E-state index contributed by atoms with van der Waals surface area (Å²) in [6, 6.07) is 17.7. The lowest BCUT2D eigenvalue weighted by atomic mass is 10.1. The molecule has 0 saturated heterocycles. The number of nitrogen functional groups attached to an aromatic ring is 1. The Balaban J connectivity index is 1.91. The zero-order valence-electron chi connectivity index (χ0n) is 11.3. The predicted molar refractivity (Wildman–Crippen MR) is 81.6 cm³/mol. The van der Waals surface area contributed by atoms with Crippen molar-refractivity contribution in [1.29, 1.82) is 0 Å². The number of pyridine rings is 1. The van der Waals surface area contributed by atoms with Gasteiger partial charge in [-0.1, -0.05) is 30.3 Å². The molecule has 0 spiro atoms. The summed E-state index contributed by atoms with van der Waals surface area (Å²) in [6.07, 6.45) is 1.73. The number of rotatable bonds is 3. The Morgan fingerprint density at radius 3 is 2.55 bits per heavy atom. The highest BCUT2D eigenvalue weighted by Gasteiger charge is 2.10. The fraction of sp³-hybridized carbons (Fsp3) is 0.118. The largest absolute Gasteiger partial charge is 0.484 e. The first-order valence-corrected chi connectivity index (χ1v) is 6.60. The summed E-state index contributed by atoms with van der Waals surface area (Å²) in [7, 11) is 0. The molecule has 0 fully saturated rings. The molecule has 2 N–H and O–H groups in total. The van der Waals surface area contributed by atoms with E-state index in [9.17, 15) is 0 Å². The fourth-order valence-corrected chi connectivity index (χ4v) is 2.20. The highest BCUT2D eigenvalue weighted by Crippen LogP contribution is 2.28. The van der Waals surface area contributed by atoms with Crippen molar-refractivity contribution in [1.82, 2.24) is 4.98 Å². The molecule has 0 radical (unpaired) electrons. The molecule has 1 heterocycles. The molecular weight excluding hydrogens is 248 g/mol. The summed E-state index contributed by atoms with van der Waals surface area (Å²) in [5.74, 6) is 0.799. The van der Waals surface area contributed by atoms with E-state index in [2.05, 4.69) is 4.98 Å². The van der Waals surface area contributed by atoms with E-state index in [0.29, 0.717) is 0 Å². The molecule has 1 atom stereocenters. The van der Waals surface area contributed by atoms with Gasteiger partial charge in [0.1, 0.15) is 17.4 Å². The van der Waals surface area contributed by atoms with Crippen molar-refractivity contribution in [3.63, 3.8) is 0 Å². The van der Waals surface area contributed by atoms with Crippen LogP contribution in [0, 0.1) is 0 Å². The van der Waals surface area contributed by atoms with Gasteiger partial charge in [-0.15, -0.1) is 0 Å². The van der Waals surface area contributed by atoms with Crippen LogP contribution in [-0.4, -0.2) is 4.98 Å². The van der Waals surface area contributed by atoms with Gasteiger partial charge in [-0.3, -0.25) is 4.98 Å². The maximum atomic E-state index is 6.05. The quantitative estimate of drug-likeness (QED) is 0.728. The van der Waals surface area contributed by atoms with Gasteiger partial charge >= 0.3 is 0 Å². The number of fused-ring (bicyclic) bond motifs is 1. The lowest BCUT2D eigenvalue weighted by Crippen LogP contribution is -2.03. The number of hydrogen-bond acceptors (Lipinski definition) is 3. The van der Waals surface area contributed by atoms with Gasteiger partial charge in [0, 0.05) is 17.3 Å². The third-order valence-corrected chi connectivity index (χ3v) is 3.31. The highest BCUT2D eigenvalue weighted by molar-refractivity contribution is 5.84. The van der Waals surface area contributed by atoms with Gasteiger partial charge in [0.25, 0.3) is 0 Å². The molecule has 0 amide bonds. The number of hydrogen-bond donors (Lipinski definition) is 1. The van der Waals surface area contributed by atoms with E-state index in [4.69, 9.17) is 10.5 Å². The maximum absolute atomic E-state index is 6.05. The lowest BCUT2D eigenvalue weighted by Gasteiger charge is -2.16. The van der Waals surface area contributed by atoms with Gasteiger partial charge < -0.3 is 10.5 Å². The number of benzene rings is 2. The summed E-state index contributed by atoms with van der Waals surface area (Å²) in [6.45, 7) is 2.02. The van der Waals surface area contributed by atoms with Crippen molar-refractivity contribution in [3.05, 3.63) is 66.4 Å². The van der Waals surface area contributed by atoms with Crippen molar-refractivity contribution < 1.29 is 4.74 Å². The molecule has 3 heteroatoms. The second-order valence-electron chi connectivity index (χ2n) is 4.76. The van der Waals surface area contributed by atoms with Gasteiger partial charge in [0.15, 0.2) is 0 Å². The summed E-state index contributed by atoms with van der Waals surface area (Å²) in [5, 5.41) is 1.08. The Labute approximate surface area is 118 Å². The van der Waals surface area contributed by atoms with Crippen LogP contribution in [0.4, 0.5) is 5.69 Å². The number of para-hydroxylation sites is 1. The van der Waals surface area contributed by atoms with Gasteiger partial charge in [-0.05, 0) is 36.8 Å². The van der Waals surface area contributed by atoms with Crippen LogP contribution in [-0.2, 0) is 0 Å².